The van der Waals surface area contributed by atoms with Gasteiger partial charge in [0.2, 0.25) is 5.95 Å². The number of nitrogens with one attached hydrogen (secondary N) is 2. The number of hydrogen-bond acceptors (Lipinski definition) is 6. The molecule has 4 rings (SSSR count). The Hall–Kier alpha value is -3.62. The van der Waals surface area contributed by atoms with Crippen LogP contribution in [0.1, 0.15) is 0 Å². The van der Waals surface area contributed by atoms with E-state index >= 15 is 0 Å². The van der Waals surface area contributed by atoms with Crippen molar-refractivity contribution in [1.82, 2.24) is 19.6 Å². The monoisotopic (exact) mass is 324 g/mol. The summed E-state index contributed by atoms with van der Waals surface area (Å²) < 4.78 is 6.94. The summed E-state index contributed by atoms with van der Waals surface area (Å²) >= 11 is 0. The summed E-state index contributed by atoms with van der Waals surface area (Å²) in [6.07, 6.45) is 0. The molecule has 0 aliphatic carbocycles. The second kappa shape index (κ2) is 5.23. The van der Waals surface area contributed by atoms with Gasteiger partial charge in [-0.25, -0.2) is 9.50 Å². The molecular weight excluding hydrogens is 312 g/mol. The fourth-order valence-corrected chi connectivity index (χ4v) is 2.45. The maximum atomic E-state index is 10.7. The van der Waals surface area contributed by atoms with Crippen LogP contribution in [0.5, 0.6) is 5.75 Å². The topological polar surface area (TPSA) is 110 Å². The summed E-state index contributed by atoms with van der Waals surface area (Å²) in [4.78, 5) is 19.0. The van der Waals surface area contributed by atoms with Crippen molar-refractivity contribution in [3.63, 3.8) is 0 Å². The molecule has 0 atom stereocenters. The van der Waals surface area contributed by atoms with E-state index in [0.717, 1.165) is 16.8 Å². The van der Waals surface area contributed by atoms with Crippen molar-refractivity contribution in [1.29, 1.82) is 0 Å². The highest BCUT2D eigenvalue weighted by atomic mass is 16.6. The third-order valence-electron chi connectivity index (χ3n) is 3.61. The molecule has 0 saturated heterocycles. The van der Waals surface area contributed by atoms with Crippen LogP contribution >= 0.6 is 0 Å². The average molecular weight is 324 g/mol. The molecule has 2 N–H and O–H groups in total. The number of rotatable bonds is 4. The van der Waals surface area contributed by atoms with Crippen molar-refractivity contribution in [2.24, 2.45) is 0 Å². The van der Waals surface area contributed by atoms with Gasteiger partial charge in [-0.15, -0.1) is 0 Å². The van der Waals surface area contributed by atoms with Gasteiger partial charge < -0.3 is 10.1 Å². The first kappa shape index (κ1) is 14.0. The summed E-state index contributed by atoms with van der Waals surface area (Å²) in [6, 6.07) is 11.7. The van der Waals surface area contributed by atoms with Crippen LogP contribution in [-0.4, -0.2) is 31.6 Å². The van der Waals surface area contributed by atoms with E-state index in [4.69, 9.17) is 4.74 Å². The second-order valence-electron chi connectivity index (χ2n) is 5.10. The van der Waals surface area contributed by atoms with Gasteiger partial charge in [0.05, 0.1) is 23.1 Å². The van der Waals surface area contributed by atoms with Crippen LogP contribution < -0.4 is 10.1 Å². The van der Waals surface area contributed by atoms with E-state index in [1.165, 1.54) is 12.1 Å². The number of nitro benzene ring substituents is 1. The summed E-state index contributed by atoms with van der Waals surface area (Å²) in [5.74, 6) is 1.74. The number of hydrogen-bond donors (Lipinski definition) is 2. The molecule has 0 aliphatic heterocycles. The van der Waals surface area contributed by atoms with Crippen LogP contribution in [0.3, 0.4) is 0 Å². The van der Waals surface area contributed by atoms with Gasteiger partial charge in [-0.05, 0) is 24.3 Å². The summed E-state index contributed by atoms with van der Waals surface area (Å²) in [5.41, 5.74) is 2.36. The Morgan fingerprint density at radius 2 is 2.00 bits per heavy atom. The average Bonchev–Trinajstić information content (AvgIpc) is 3.11. The van der Waals surface area contributed by atoms with E-state index in [1.807, 2.05) is 18.2 Å². The molecule has 0 amide bonds. The van der Waals surface area contributed by atoms with Crippen molar-refractivity contribution in [2.45, 2.75) is 0 Å². The summed E-state index contributed by atoms with van der Waals surface area (Å²) in [6.45, 7) is 0. The first-order valence-electron chi connectivity index (χ1n) is 7.08. The number of nitrogens with zero attached hydrogens (tertiary/aromatic N) is 4. The Balaban J connectivity index is 1.66. The predicted molar refractivity (Wildman–Crippen MR) is 87.8 cm³/mol. The van der Waals surface area contributed by atoms with Crippen molar-refractivity contribution in [3.05, 3.63) is 52.6 Å². The molecule has 2 aromatic carbocycles. The van der Waals surface area contributed by atoms with E-state index in [0.29, 0.717) is 17.4 Å². The van der Waals surface area contributed by atoms with Crippen LogP contribution in [0.25, 0.3) is 16.8 Å². The predicted octanol–water partition coefficient (Wildman–Crippen LogP) is 2.87. The lowest BCUT2D eigenvalue weighted by atomic mass is 10.3. The number of anilines is 2. The molecular formula is C15H12N6O3. The van der Waals surface area contributed by atoms with Gasteiger partial charge in [0, 0.05) is 23.9 Å². The summed E-state index contributed by atoms with van der Waals surface area (Å²) in [7, 11) is 1.60. The SMILES string of the molecule is COc1ccc2c(c1)nc1nc(Nc3ccc([N+](=O)[O-])cc3)[nH]n12. The minimum absolute atomic E-state index is 0.0368. The van der Waals surface area contributed by atoms with Gasteiger partial charge in [-0.2, -0.15) is 4.98 Å². The molecule has 0 fully saturated rings. The molecule has 0 spiro atoms. The molecule has 120 valence electrons. The highest BCUT2D eigenvalue weighted by Gasteiger charge is 2.11. The molecule has 9 nitrogen and oxygen atoms in total. The number of aromatic nitrogens is 4. The highest BCUT2D eigenvalue weighted by molar-refractivity contribution is 5.81. The Bertz CT molecular complexity index is 1050. The fraction of sp³-hybridized carbons (Fsp3) is 0.0667. The molecule has 0 radical (unpaired) electrons. The smallest absolute Gasteiger partial charge is 0.269 e. The zero-order valence-corrected chi connectivity index (χ0v) is 12.6. The number of ether oxygens (including phenoxy) is 1. The van der Waals surface area contributed by atoms with Gasteiger partial charge in [0.1, 0.15) is 5.75 Å². The van der Waals surface area contributed by atoms with E-state index < -0.39 is 4.92 Å². The second-order valence-corrected chi connectivity index (χ2v) is 5.10. The zero-order valence-electron chi connectivity index (χ0n) is 12.6. The van der Waals surface area contributed by atoms with Crippen molar-refractivity contribution < 1.29 is 9.66 Å². The van der Waals surface area contributed by atoms with E-state index in [2.05, 4.69) is 20.4 Å². The molecule has 2 aromatic heterocycles. The molecule has 0 saturated carbocycles. The van der Waals surface area contributed by atoms with Gasteiger partial charge in [-0.1, -0.05) is 0 Å². The quantitative estimate of drug-likeness (QED) is 0.441. The molecule has 24 heavy (non-hydrogen) atoms. The van der Waals surface area contributed by atoms with E-state index in [-0.39, 0.29) is 5.69 Å². The van der Waals surface area contributed by atoms with Gasteiger partial charge in [-0.3, -0.25) is 15.2 Å². The fourth-order valence-electron chi connectivity index (χ4n) is 2.45. The van der Waals surface area contributed by atoms with Crippen LogP contribution in [0.2, 0.25) is 0 Å². The van der Waals surface area contributed by atoms with E-state index in [9.17, 15) is 10.1 Å². The molecule has 4 aromatic rings. The minimum Gasteiger partial charge on any atom is -0.497 e. The van der Waals surface area contributed by atoms with Gasteiger partial charge in [0.25, 0.3) is 11.5 Å². The molecule has 0 bridgehead atoms. The number of aromatic amines is 1. The molecule has 2 heterocycles. The van der Waals surface area contributed by atoms with Crippen molar-refractivity contribution >= 4 is 34.1 Å². The first-order valence-corrected chi connectivity index (χ1v) is 7.08. The lowest BCUT2D eigenvalue weighted by Crippen LogP contribution is -1.94. The normalized spacial score (nSPS) is 11.0. The largest absolute Gasteiger partial charge is 0.497 e. The number of non-ortho nitro benzene ring substituents is 1. The Kier molecular flexibility index (Phi) is 3.05. The van der Waals surface area contributed by atoms with Crippen molar-refractivity contribution in [3.8, 4) is 5.75 Å². The Morgan fingerprint density at radius 1 is 1.21 bits per heavy atom. The first-order chi connectivity index (χ1) is 11.6. The van der Waals surface area contributed by atoms with Crippen molar-refractivity contribution in [2.75, 3.05) is 12.4 Å². The maximum Gasteiger partial charge on any atom is 0.269 e. The number of methoxy groups -OCH3 is 1. The van der Waals surface area contributed by atoms with E-state index in [1.54, 1.807) is 23.8 Å². The van der Waals surface area contributed by atoms with Crippen LogP contribution in [-0.2, 0) is 0 Å². The molecule has 0 unspecified atom stereocenters. The number of fused-ring (bicyclic) bond motifs is 3. The standard InChI is InChI=1S/C15H12N6O3/c1-24-11-6-7-13-12(8-11)17-15-18-14(19-20(13)15)16-9-2-4-10(5-3-9)21(22)23/h2-8H,1H3,(H2,16,17,18,19). The minimum atomic E-state index is -0.439. The summed E-state index contributed by atoms with van der Waals surface area (Å²) in [5, 5.41) is 16.8. The molecule has 0 aliphatic rings. The molecule has 9 heteroatoms. The van der Waals surface area contributed by atoms with Crippen LogP contribution in [0.15, 0.2) is 42.5 Å². The Labute approximate surface area is 135 Å². The number of H-pyrrole nitrogens is 1. The van der Waals surface area contributed by atoms with Crippen LogP contribution in [0.4, 0.5) is 17.3 Å². The number of benzene rings is 2. The zero-order chi connectivity index (χ0) is 16.7. The third-order valence-corrected chi connectivity index (χ3v) is 3.61. The van der Waals surface area contributed by atoms with Gasteiger partial charge >= 0.3 is 0 Å². The maximum absolute atomic E-state index is 10.7. The van der Waals surface area contributed by atoms with Crippen LogP contribution in [0, 0.1) is 10.1 Å². The Morgan fingerprint density at radius 3 is 2.71 bits per heavy atom. The van der Waals surface area contributed by atoms with Gasteiger partial charge in [0.15, 0.2) is 0 Å². The lowest BCUT2D eigenvalue weighted by molar-refractivity contribution is -0.384. The lowest BCUT2D eigenvalue weighted by Gasteiger charge is -2.01. The number of nitro groups is 1. The highest BCUT2D eigenvalue weighted by Crippen LogP contribution is 2.23. The number of imidazole rings is 1. The third kappa shape index (κ3) is 2.28.